The second kappa shape index (κ2) is 7.94. The van der Waals surface area contributed by atoms with E-state index in [9.17, 15) is 23.9 Å². The molecule has 0 bridgehead atoms. The number of benzene rings is 1. The lowest BCUT2D eigenvalue weighted by atomic mass is 9.90. The van der Waals surface area contributed by atoms with Crippen LogP contribution in [-0.4, -0.2) is 51.9 Å². The highest BCUT2D eigenvalue weighted by atomic mass is 19.1. The lowest BCUT2D eigenvalue weighted by Gasteiger charge is -2.38. The molecule has 0 spiro atoms. The van der Waals surface area contributed by atoms with Crippen LogP contribution >= 0.6 is 0 Å². The normalized spacial score (nSPS) is 20.5. The molecule has 1 aromatic carbocycles. The van der Waals surface area contributed by atoms with Crippen molar-refractivity contribution in [3.05, 3.63) is 47.5 Å². The number of nitrogens with zero attached hydrogens (tertiary/aromatic N) is 1. The fraction of sp³-hybridized carbons (Fsp3) is 0.476. The van der Waals surface area contributed by atoms with E-state index in [0.29, 0.717) is 5.56 Å². The van der Waals surface area contributed by atoms with Gasteiger partial charge in [0, 0.05) is 45.0 Å². The molecule has 0 radical (unpaired) electrons. The molecular formula is C21H25FN2O5. The summed E-state index contributed by atoms with van der Waals surface area (Å²) in [5.74, 6) is -1.48. The zero-order valence-corrected chi connectivity index (χ0v) is 16.5. The van der Waals surface area contributed by atoms with E-state index in [1.807, 2.05) is 0 Å². The lowest BCUT2D eigenvalue weighted by molar-refractivity contribution is -0.150. The number of piperidine rings is 1. The summed E-state index contributed by atoms with van der Waals surface area (Å²) in [5, 5.41) is 13.3. The number of nitrogens with one attached hydrogen (secondary N) is 1. The Morgan fingerprint density at radius 2 is 1.83 bits per heavy atom. The SMILES string of the molecule is CC1(C)CC(=O)C=C(C(=O)N2CCC(O)(C(=O)NCc3ccc(F)cc3)CC2)O1. The van der Waals surface area contributed by atoms with Gasteiger partial charge in [0.05, 0.1) is 0 Å². The molecule has 0 aromatic heterocycles. The van der Waals surface area contributed by atoms with Gasteiger partial charge in [0.1, 0.15) is 17.0 Å². The Morgan fingerprint density at radius 3 is 2.41 bits per heavy atom. The topological polar surface area (TPSA) is 95.9 Å². The fourth-order valence-electron chi connectivity index (χ4n) is 3.50. The first kappa shape index (κ1) is 21.0. The average Bonchev–Trinajstić information content (AvgIpc) is 2.65. The minimum atomic E-state index is -1.59. The largest absolute Gasteiger partial charge is 0.481 e. The molecule has 0 unspecified atom stereocenters. The molecular weight excluding hydrogens is 379 g/mol. The van der Waals surface area contributed by atoms with Gasteiger partial charge < -0.3 is 20.1 Å². The van der Waals surface area contributed by atoms with Crippen molar-refractivity contribution in [2.75, 3.05) is 13.1 Å². The van der Waals surface area contributed by atoms with Crippen LogP contribution in [-0.2, 0) is 25.7 Å². The number of carbonyl (C=O) groups excluding carboxylic acids is 3. The number of halogens is 1. The summed E-state index contributed by atoms with van der Waals surface area (Å²) in [7, 11) is 0. The summed E-state index contributed by atoms with van der Waals surface area (Å²) >= 11 is 0. The third-order valence-electron chi connectivity index (χ3n) is 5.16. The van der Waals surface area contributed by atoms with Gasteiger partial charge in [-0.15, -0.1) is 0 Å². The van der Waals surface area contributed by atoms with Crippen LogP contribution in [0, 0.1) is 5.82 Å². The standard InChI is InChI=1S/C21H25FN2O5/c1-20(2)12-16(25)11-17(29-20)18(26)24-9-7-21(28,8-10-24)19(27)23-13-14-3-5-15(22)6-4-14/h3-6,11,28H,7-10,12-13H2,1-2H3,(H,23,27). The number of rotatable bonds is 4. The van der Waals surface area contributed by atoms with E-state index in [-0.39, 0.29) is 56.3 Å². The number of hydrogen-bond donors (Lipinski definition) is 2. The van der Waals surface area contributed by atoms with Crippen LogP contribution in [0.15, 0.2) is 36.1 Å². The molecule has 0 aliphatic carbocycles. The highest BCUT2D eigenvalue weighted by Crippen LogP contribution is 2.28. The zero-order chi connectivity index (χ0) is 21.2. The van der Waals surface area contributed by atoms with E-state index in [0.717, 1.165) is 0 Å². The number of allylic oxidation sites excluding steroid dienone is 1. The lowest BCUT2D eigenvalue weighted by Crippen LogP contribution is -2.55. The fourth-order valence-corrected chi connectivity index (χ4v) is 3.50. The number of amides is 2. The molecule has 0 saturated carbocycles. The van der Waals surface area contributed by atoms with Crippen LogP contribution in [0.25, 0.3) is 0 Å². The van der Waals surface area contributed by atoms with E-state index >= 15 is 0 Å². The molecule has 29 heavy (non-hydrogen) atoms. The molecule has 0 atom stereocenters. The van der Waals surface area contributed by atoms with Gasteiger partial charge in [0.2, 0.25) is 0 Å². The maximum Gasteiger partial charge on any atom is 0.289 e. The summed E-state index contributed by atoms with van der Waals surface area (Å²) in [6.07, 6.45) is 1.55. The first-order valence-corrected chi connectivity index (χ1v) is 9.56. The van der Waals surface area contributed by atoms with Gasteiger partial charge in [0.15, 0.2) is 11.5 Å². The van der Waals surface area contributed by atoms with Gasteiger partial charge in [0.25, 0.3) is 11.8 Å². The van der Waals surface area contributed by atoms with Crippen molar-refractivity contribution in [1.29, 1.82) is 0 Å². The minimum Gasteiger partial charge on any atom is -0.481 e. The highest BCUT2D eigenvalue weighted by molar-refractivity contribution is 6.02. The molecule has 2 heterocycles. The van der Waals surface area contributed by atoms with Crippen LogP contribution < -0.4 is 5.32 Å². The van der Waals surface area contributed by atoms with Crippen LogP contribution in [0.1, 0.15) is 38.7 Å². The smallest absolute Gasteiger partial charge is 0.289 e. The zero-order valence-electron chi connectivity index (χ0n) is 16.5. The molecule has 2 aliphatic heterocycles. The molecule has 1 fully saturated rings. The van der Waals surface area contributed by atoms with Gasteiger partial charge in [-0.3, -0.25) is 14.4 Å². The van der Waals surface area contributed by atoms with Gasteiger partial charge in [-0.2, -0.15) is 0 Å². The summed E-state index contributed by atoms with van der Waals surface area (Å²) in [4.78, 5) is 38.4. The molecule has 1 saturated heterocycles. The van der Waals surface area contributed by atoms with Gasteiger partial charge in [-0.25, -0.2) is 4.39 Å². The summed E-state index contributed by atoms with van der Waals surface area (Å²) in [6.45, 7) is 3.97. The quantitative estimate of drug-likeness (QED) is 0.792. The Kier molecular flexibility index (Phi) is 5.75. The molecule has 2 aliphatic rings. The van der Waals surface area contributed by atoms with Crippen molar-refractivity contribution in [3.63, 3.8) is 0 Å². The van der Waals surface area contributed by atoms with Gasteiger partial charge >= 0.3 is 0 Å². The summed E-state index contributed by atoms with van der Waals surface area (Å²) in [5.41, 5.74) is -1.62. The van der Waals surface area contributed by atoms with Crippen molar-refractivity contribution in [1.82, 2.24) is 10.2 Å². The predicted molar refractivity (Wildman–Crippen MR) is 102 cm³/mol. The Morgan fingerprint density at radius 1 is 1.21 bits per heavy atom. The Bertz CT molecular complexity index is 839. The van der Waals surface area contributed by atoms with Crippen LogP contribution in [0.5, 0.6) is 0 Å². The second-order valence-corrected chi connectivity index (χ2v) is 8.15. The molecule has 7 nitrogen and oxygen atoms in total. The number of ketones is 1. The molecule has 3 rings (SSSR count). The Balaban J connectivity index is 1.55. The second-order valence-electron chi connectivity index (χ2n) is 8.15. The number of carbonyl (C=O) groups is 3. The summed E-state index contributed by atoms with van der Waals surface area (Å²) < 4.78 is 18.6. The summed E-state index contributed by atoms with van der Waals surface area (Å²) in [6, 6.07) is 5.71. The molecule has 2 amide bonds. The molecule has 156 valence electrons. The first-order chi connectivity index (χ1) is 13.6. The van der Waals surface area contributed by atoms with Crippen molar-refractivity contribution >= 4 is 17.6 Å². The predicted octanol–water partition coefficient (Wildman–Crippen LogP) is 1.45. The minimum absolute atomic E-state index is 0.00236. The molecule has 1 aromatic rings. The maximum atomic E-state index is 12.9. The van der Waals surface area contributed by atoms with Crippen molar-refractivity contribution < 1.29 is 28.6 Å². The number of likely N-dealkylation sites (tertiary alicyclic amines) is 1. The third-order valence-corrected chi connectivity index (χ3v) is 5.16. The van der Waals surface area contributed by atoms with E-state index in [2.05, 4.69) is 5.32 Å². The molecule has 8 heteroatoms. The van der Waals surface area contributed by atoms with E-state index < -0.39 is 23.0 Å². The van der Waals surface area contributed by atoms with Gasteiger partial charge in [-0.1, -0.05) is 12.1 Å². The average molecular weight is 404 g/mol. The number of aliphatic hydroxyl groups is 1. The monoisotopic (exact) mass is 404 g/mol. The maximum absolute atomic E-state index is 12.9. The van der Waals surface area contributed by atoms with Crippen LogP contribution in [0.2, 0.25) is 0 Å². The Labute approximate surface area is 168 Å². The van der Waals surface area contributed by atoms with Crippen molar-refractivity contribution in [3.8, 4) is 0 Å². The van der Waals surface area contributed by atoms with Crippen LogP contribution in [0.4, 0.5) is 4.39 Å². The number of ether oxygens (including phenoxy) is 1. The first-order valence-electron chi connectivity index (χ1n) is 9.56. The van der Waals surface area contributed by atoms with E-state index in [4.69, 9.17) is 4.74 Å². The van der Waals surface area contributed by atoms with Crippen LogP contribution in [0.3, 0.4) is 0 Å². The van der Waals surface area contributed by atoms with E-state index in [1.54, 1.807) is 26.0 Å². The highest BCUT2D eigenvalue weighted by Gasteiger charge is 2.42. The number of hydrogen-bond acceptors (Lipinski definition) is 5. The Hall–Kier alpha value is -2.74. The molecule has 2 N–H and O–H groups in total. The van der Waals surface area contributed by atoms with Crippen molar-refractivity contribution in [2.45, 2.75) is 50.9 Å². The van der Waals surface area contributed by atoms with E-state index in [1.165, 1.54) is 23.1 Å². The third kappa shape index (κ3) is 5.00. The van der Waals surface area contributed by atoms with Crippen molar-refractivity contribution in [2.24, 2.45) is 0 Å². The van der Waals surface area contributed by atoms with Gasteiger partial charge in [-0.05, 0) is 31.5 Å².